The van der Waals surface area contributed by atoms with Gasteiger partial charge in [-0.05, 0) is 38.0 Å². The summed E-state index contributed by atoms with van der Waals surface area (Å²) in [6.45, 7) is 6.12. The Balaban J connectivity index is 2.60. The van der Waals surface area contributed by atoms with E-state index in [1.165, 1.54) is 0 Å². The van der Waals surface area contributed by atoms with Crippen LogP contribution in [0.25, 0.3) is 0 Å². The first-order chi connectivity index (χ1) is 9.49. The first-order valence-electron chi connectivity index (χ1n) is 6.62. The number of nitriles is 1. The van der Waals surface area contributed by atoms with Crippen LogP contribution in [-0.4, -0.2) is 18.6 Å². The molecule has 0 radical (unpaired) electrons. The molecule has 1 N–H and O–H groups in total. The van der Waals surface area contributed by atoms with Crippen LogP contribution in [0.1, 0.15) is 37.8 Å². The van der Waals surface area contributed by atoms with Crippen LogP contribution in [-0.2, 0) is 9.53 Å². The highest BCUT2D eigenvalue weighted by Crippen LogP contribution is 2.26. The minimum atomic E-state index is -0.220. The number of anilines is 1. The molecular formula is C15H19ClN2O2. The number of hydrogen-bond donors (Lipinski definition) is 1. The monoisotopic (exact) mass is 294 g/mol. The number of nitrogens with zero attached hydrogens (tertiary/aromatic N) is 1. The number of ether oxygens (including phenoxy) is 1. The van der Waals surface area contributed by atoms with E-state index in [1.807, 2.05) is 26.8 Å². The molecule has 0 saturated heterocycles. The normalized spacial score (nSPS) is 11.6. The highest BCUT2D eigenvalue weighted by atomic mass is 35.5. The topological polar surface area (TPSA) is 62.1 Å². The third-order valence-electron chi connectivity index (χ3n) is 2.87. The Morgan fingerprint density at radius 2 is 2.25 bits per heavy atom. The Morgan fingerprint density at radius 3 is 2.85 bits per heavy atom. The summed E-state index contributed by atoms with van der Waals surface area (Å²) in [5, 5.41) is 12.5. The van der Waals surface area contributed by atoms with Crippen molar-refractivity contribution in [3.63, 3.8) is 0 Å². The first kappa shape index (κ1) is 16.3. The van der Waals surface area contributed by atoms with Gasteiger partial charge in [0.1, 0.15) is 12.2 Å². The molecule has 1 rings (SSSR count). The largest absolute Gasteiger partial charge is 0.461 e. The lowest BCUT2D eigenvalue weighted by molar-refractivity contribution is -0.147. The molecule has 1 aromatic rings. The van der Waals surface area contributed by atoms with Gasteiger partial charge in [-0.15, -0.1) is 0 Å². The van der Waals surface area contributed by atoms with Crippen LogP contribution in [0.2, 0.25) is 5.02 Å². The molecule has 0 amide bonds. The summed E-state index contributed by atoms with van der Waals surface area (Å²) < 4.78 is 5.24. The maximum absolute atomic E-state index is 11.4. The van der Waals surface area contributed by atoms with Crippen molar-refractivity contribution in [2.75, 3.05) is 11.9 Å². The number of benzene rings is 1. The van der Waals surface area contributed by atoms with E-state index in [2.05, 4.69) is 5.32 Å². The summed E-state index contributed by atoms with van der Waals surface area (Å²) in [6.07, 6.45) is 0.998. The van der Waals surface area contributed by atoms with Crippen molar-refractivity contribution in [3.8, 4) is 6.07 Å². The lowest BCUT2D eigenvalue weighted by Gasteiger charge is -2.16. The highest BCUT2D eigenvalue weighted by Gasteiger charge is 2.11. The minimum absolute atomic E-state index is 0.184. The van der Waals surface area contributed by atoms with Gasteiger partial charge in [-0.2, -0.15) is 5.26 Å². The van der Waals surface area contributed by atoms with E-state index in [-0.39, 0.29) is 12.1 Å². The van der Waals surface area contributed by atoms with E-state index in [1.54, 1.807) is 12.1 Å². The van der Waals surface area contributed by atoms with Crippen molar-refractivity contribution in [1.29, 1.82) is 5.26 Å². The number of carbonyl (C=O) groups excluding carboxylic acids is 1. The van der Waals surface area contributed by atoms with Gasteiger partial charge in [0.15, 0.2) is 0 Å². The molecule has 0 spiro atoms. The first-order valence-corrected chi connectivity index (χ1v) is 6.99. The summed E-state index contributed by atoms with van der Waals surface area (Å²) in [6, 6.07) is 5.52. The maximum Gasteiger partial charge on any atom is 0.306 e. The summed E-state index contributed by atoms with van der Waals surface area (Å²) in [5.74, 6) is -0.184. The van der Waals surface area contributed by atoms with Crippen molar-refractivity contribution in [3.05, 3.63) is 28.3 Å². The van der Waals surface area contributed by atoms with E-state index in [0.29, 0.717) is 23.6 Å². The van der Waals surface area contributed by atoms with Gasteiger partial charge in [-0.25, -0.2) is 0 Å². The third-order valence-corrected chi connectivity index (χ3v) is 3.36. The van der Waals surface area contributed by atoms with Crippen LogP contribution in [0.15, 0.2) is 12.1 Å². The van der Waals surface area contributed by atoms with Gasteiger partial charge >= 0.3 is 5.97 Å². The molecule has 1 aromatic carbocycles. The Morgan fingerprint density at radius 1 is 1.55 bits per heavy atom. The lowest BCUT2D eigenvalue weighted by Crippen LogP contribution is -2.23. The van der Waals surface area contributed by atoms with E-state index in [0.717, 1.165) is 17.7 Å². The summed E-state index contributed by atoms with van der Waals surface area (Å²) in [5.41, 5.74) is 2.11. The second-order valence-corrected chi connectivity index (χ2v) is 5.02. The van der Waals surface area contributed by atoms with Crippen LogP contribution < -0.4 is 5.32 Å². The van der Waals surface area contributed by atoms with Crippen LogP contribution >= 0.6 is 11.6 Å². The van der Waals surface area contributed by atoms with Gasteiger partial charge in [-0.1, -0.05) is 18.5 Å². The Bertz CT molecular complexity index is 523. The maximum atomic E-state index is 11.4. The number of rotatable bonds is 6. The average Bonchev–Trinajstić information content (AvgIpc) is 2.40. The molecule has 0 aromatic heterocycles. The molecule has 0 aliphatic rings. The molecule has 0 fully saturated rings. The van der Waals surface area contributed by atoms with E-state index in [4.69, 9.17) is 21.6 Å². The van der Waals surface area contributed by atoms with Crippen molar-refractivity contribution in [2.24, 2.45) is 0 Å². The number of esters is 1. The second-order valence-electron chi connectivity index (χ2n) is 4.64. The number of nitrogens with one attached hydrogen (secondary N) is 1. The molecule has 0 saturated carbocycles. The fraction of sp³-hybridized carbons (Fsp3) is 0.467. The average molecular weight is 295 g/mol. The zero-order valence-corrected chi connectivity index (χ0v) is 12.8. The number of carbonyl (C=O) groups is 1. The lowest BCUT2D eigenvalue weighted by atomic mass is 10.1. The third kappa shape index (κ3) is 4.43. The van der Waals surface area contributed by atoms with Gasteiger partial charge in [0.25, 0.3) is 0 Å². The fourth-order valence-corrected chi connectivity index (χ4v) is 1.95. The second kappa shape index (κ2) is 7.76. The van der Waals surface area contributed by atoms with Crippen molar-refractivity contribution in [1.82, 2.24) is 0 Å². The highest BCUT2D eigenvalue weighted by molar-refractivity contribution is 6.32. The molecule has 0 aliphatic heterocycles. The molecule has 1 unspecified atom stereocenters. The Hall–Kier alpha value is -1.73. The van der Waals surface area contributed by atoms with Gasteiger partial charge in [0.05, 0.1) is 17.1 Å². The number of halogens is 1. The molecule has 0 bridgehead atoms. The molecule has 1 atom stereocenters. The minimum Gasteiger partial charge on any atom is -0.461 e. The van der Waals surface area contributed by atoms with E-state index in [9.17, 15) is 4.79 Å². The molecule has 4 nitrogen and oxygen atoms in total. The quantitative estimate of drug-likeness (QED) is 0.813. The van der Waals surface area contributed by atoms with Crippen LogP contribution in [0.5, 0.6) is 0 Å². The Labute approximate surface area is 124 Å². The van der Waals surface area contributed by atoms with E-state index >= 15 is 0 Å². The molecule has 5 heteroatoms. The smallest absolute Gasteiger partial charge is 0.306 e. The van der Waals surface area contributed by atoms with Gasteiger partial charge < -0.3 is 10.1 Å². The SMILES string of the molecule is CCCC(=O)OC(C)CNc1ccc(C#N)c(Cl)c1C. The van der Waals surface area contributed by atoms with Crippen molar-refractivity contribution >= 4 is 23.3 Å². The van der Waals surface area contributed by atoms with Gasteiger partial charge in [0, 0.05) is 12.1 Å². The van der Waals surface area contributed by atoms with Crippen LogP contribution in [0.4, 0.5) is 5.69 Å². The zero-order chi connectivity index (χ0) is 15.1. The van der Waals surface area contributed by atoms with Gasteiger partial charge in [-0.3, -0.25) is 4.79 Å². The predicted octanol–water partition coefficient (Wildman–Crippen LogP) is 3.66. The Kier molecular flexibility index (Phi) is 6.33. The molecule has 0 heterocycles. The molecular weight excluding hydrogens is 276 g/mol. The van der Waals surface area contributed by atoms with Gasteiger partial charge in [0.2, 0.25) is 0 Å². The van der Waals surface area contributed by atoms with Crippen LogP contribution in [0, 0.1) is 18.3 Å². The number of hydrogen-bond acceptors (Lipinski definition) is 4. The molecule has 108 valence electrons. The summed E-state index contributed by atoms with van der Waals surface area (Å²) in [4.78, 5) is 11.4. The van der Waals surface area contributed by atoms with E-state index < -0.39 is 0 Å². The standard InChI is InChI=1S/C15H19ClN2O2/c1-4-5-14(19)20-10(2)9-18-13-7-6-12(8-17)15(16)11(13)3/h6-7,10,18H,4-5,9H2,1-3H3. The fourth-order valence-electron chi connectivity index (χ4n) is 1.75. The molecule has 20 heavy (non-hydrogen) atoms. The molecule has 0 aliphatic carbocycles. The zero-order valence-electron chi connectivity index (χ0n) is 12.0. The van der Waals surface area contributed by atoms with Crippen molar-refractivity contribution < 1.29 is 9.53 Å². The predicted molar refractivity (Wildman–Crippen MR) is 79.9 cm³/mol. The van der Waals surface area contributed by atoms with Crippen molar-refractivity contribution in [2.45, 2.75) is 39.7 Å². The summed E-state index contributed by atoms with van der Waals surface area (Å²) in [7, 11) is 0. The van der Waals surface area contributed by atoms with Crippen LogP contribution in [0.3, 0.4) is 0 Å². The summed E-state index contributed by atoms with van der Waals surface area (Å²) >= 11 is 6.09.